The second-order valence-electron chi connectivity index (χ2n) is 4.40. The molecule has 112 valence electrons. The average molecular weight is 336 g/mol. The number of hydrogen-bond acceptors (Lipinski definition) is 5. The van der Waals surface area contributed by atoms with E-state index >= 15 is 0 Å². The fraction of sp³-hybridized carbons (Fsp3) is 0. The molecular weight excluding hydrogens is 326 g/mol. The first kappa shape index (κ1) is 14.6. The fourth-order valence-electron chi connectivity index (χ4n) is 1.83. The van der Waals surface area contributed by atoms with Gasteiger partial charge in [0.05, 0.1) is 0 Å². The molecule has 1 heterocycles. The van der Waals surface area contributed by atoms with E-state index < -0.39 is 10.1 Å². The number of rotatable bonds is 4. The Hall–Kier alpha value is -2.38. The van der Waals surface area contributed by atoms with Gasteiger partial charge in [0.1, 0.15) is 15.9 Å². The van der Waals surface area contributed by atoms with Gasteiger partial charge in [0.2, 0.25) is 0 Å². The summed E-state index contributed by atoms with van der Waals surface area (Å²) in [4.78, 5) is 0.840. The van der Waals surface area contributed by atoms with Gasteiger partial charge in [-0.05, 0) is 47.2 Å². The van der Waals surface area contributed by atoms with Crippen molar-refractivity contribution in [3.8, 4) is 0 Å². The highest BCUT2D eigenvalue weighted by Crippen LogP contribution is 2.17. The van der Waals surface area contributed by atoms with Crippen LogP contribution < -0.4 is 4.28 Å². The van der Waals surface area contributed by atoms with Gasteiger partial charge in [0.15, 0.2) is 0 Å². The summed E-state index contributed by atoms with van der Waals surface area (Å²) in [7, 11) is -4.04. The van der Waals surface area contributed by atoms with Crippen LogP contribution in [0.2, 0.25) is 5.02 Å². The van der Waals surface area contributed by atoms with Crippen LogP contribution in [0.5, 0.6) is 0 Å². The maximum Gasteiger partial charge on any atom is 0.358 e. The number of nitrogens with zero attached hydrogens (tertiary/aromatic N) is 3. The quantitative estimate of drug-likeness (QED) is 0.732. The Morgan fingerprint density at radius 1 is 1.18 bits per heavy atom. The van der Waals surface area contributed by atoms with Crippen LogP contribution in [-0.2, 0) is 10.1 Å². The van der Waals surface area contributed by atoms with Crippen LogP contribution >= 0.6 is 11.6 Å². The fourth-order valence-corrected chi connectivity index (χ4v) is 2.81. The maximum atomic E-state index is 12.2. The van der Waals surface area contributed by atoms with Crippen LogP contribution in [0, 0.1) is 0 Å². The molecule has 6 nitrogen and oxygen atoms in total. The summed E-state index contributed by atoms with van der Waals surface area (Å²) in [6, 6.07) is 10.8. The Kier molecular flexibility index (Phi) is 3.59. The lowest BCUT2D eigenvalue weighted by Crippen LogP contribution is -2.21. The summed E-state index contributed by atoms with van der Waals surface area (Å²) in [5.74, 6) is 0. The standard InChI is InChI=1S/C14H10ClN3O3S/c1-2-10-3-8-13-14(9-10)18(17-16-13)21-22(19,20)12-6-4-11(15)5-7-12/h2-9H,1H2. The molecule has 0 radical (unpaired) electrons. The normalized spacial score (nSPS) is 11.5. The Morgan fingerprint density at radius 3 is 2.59 bits per heavy atom. The van der Waals surface area contributed by atoms with Gasteiger partial charge in [0.25, 0.3) is 0 Å². The molecule has 22 heavy (non-hydrogen) atoms. The van der Waals surface area contributed by atoms with Crippen molar-refractivity contribution < 1.29 is 12.7 Å². The molecule has 0 unspecified atom stereocenters. The first-order chi connectivity index (χ1) is 10.5. The van der Waals surface area contributed by atoms with E-state index in [9.17, 15) is 8.42 Å². The van der Waals surface area contributed by atoms with E-state index in [1.54, 1.807) is 24.3 Å². The van der Waals surface area contributed by atoms with Crippen molar-refractivity contribution in [3.63, 3.8) is 0 Å². The van der Waals surface area contributed by atoms with Gasteiger partial charge in [-0.2, -0.15) is 8.42 Å². The minimum atomic E-state index is -4.04. The average Bonchev–Trinajstić information content (AvgIpc) is 2.89. The van der Waals surface area contributed by atoms with E-state index in [1.165, 1.54) is 24.3 Å². The van der Waals surface area contributed by atoms with Gasteiger partial charge < -0.3 is 0 Å². The molecular formula is C14H10ClN3O3S. The number of benzene rings is 2. The monoisotopic (exact) mass is 335 g/mol. The smallest absolute Gasteiger partial charge is 0.264 e. The summed E-state index contributed by atoms with van der Waals surface area (Å²) in [5.41, 5.74) is 1.73. The molecule has 0 amide bonds. The zero-order valence-electron chi connectivity index (χ0n) is 11.2. The molecule has 1 aromatic heterocycles. The van der Waals surface area contributed by atoms with E-state index in [0.29, 0.717) is 16.1 Å². The number of aromatic nitrogens is 3. The number of hydrogen-bond donors (Lipinski definition) is 0. The summed E-state index contributed by atoms with van der Waals surface area (Å²) < 4.78 is 29.5. The number of fused-ring (bicyclic) bond motifs is 1. The first-order valence-electron chi connectivity index (χ1n) is 6.18. The zero-order valence-corrected chi connectivity index (χ0v) is 12.8. The highest BCUT2D eigenvalue weighted by Gasteiger charge is 2.19. The lowest BCUT2D eigenvalue weighted by Gasteiger charge is -2.06. The van der Waals surface area contributed by atoms with Gasteiger partial charge in [-0.3, -0.25) is 4.28 Å². The molecule has 0 spiro atoms. The molecule has 3 rings (SSSR count). The lowest BCUT2D eigenvalue weighted by atomic mass is 10.2. The summed E-state index contributed by atoms with van der Waals surface area (Å²) >= 11 is 5.74. The summed E-state index contributed by atoms with van der Waals surface area (Å²) in [5, 5.41) is 7.99. The van der Waals surface area contributed by atoms with Crippen molar-refractivity contribution in [2.24, 2.45) is 0 Å². The summed E-state index contributed by atoms with van der Waals surface area (Å²) in [6.45, 7) is 3.66. The van der Waals surface area contributed by atoms with Crippen molar-refractivity contribution in [2.45, 2.75) is 4.90 Å². The van der Waals surface area contributed by atoms with Crippen molar-refractivity contribution in [1.82, 2.24) is 15.2 Å². The Balaban J connectivity index is 2.01. The van der Waals surface area contributed by atoms with E-state index in [4.69, 9.17) is 15.9 Å². The van der Waals surface area contributed by atoms with Gasteiger partial charge in [-0.25, -0.2) is 0 Å². The predicted octanol–water partition coefficient (Wildman–Crippen LogP) is 2.55. The number of halogens is 1. The molecule has 0 saturated heterocycles. The van der Waals surface area contributed by atoms with E-state index in [0.717, 1.165) is 10.4 Å². The van der Waals surface area contributed by atoms with Crippen LogP contribution in [0.3, 0.4) is 0 Å². The molecule has 0 fully saturated rings. The van der Waals surface area contributed by atoms with Gasteiger partial charge in [-0.15, -0.1) is 5.10 Å². The van der Waals surface area contributed by atoms with Crippen molar-refractivity contribution in [2.75, 3.05) is 0 Å². The molecule has 0 saturated carbocycles. The van der Waals surface area contributed by atoms with E-state index in [-0.39, 0.29) is 4.90 Å². The van der Waals surface area contributed by atoms with Crippen molar-refractivity contribution in [3.05, 3.63) is 59.6 Å². The van der Waals surface area contributed by atoms with E-state index in [1.807, 2.05) is 0 Å². The maximum absolute atomic E-state index is 12.2. The van der Waals surface area contributed by atoms with E-state index in [2.05, 4.69) is 16.9 Å². The lowest BCUT2D eigenvalue weighted by molar-refractivity contribution is 0.245. The van der Waals surface area contributed by atoms with Gasteiger partial charge in [-0.1, -0.05) is 35.2 Å². The third-order valence-electron chi connectivity index (χ3n) is 2.95. The Morgan fingerprint density at radius 2 is 1.91 bits per heavy atom. The predicted molar refractivity (Wildman–Crippen MR) is 82.8 cm³/mol. The highest BCUT2D eigenvalue weighted by molar-refractivity contribution is 7.87. The Bertz CT molecular complexity index is 949. The second-order valence-corrected chi connectivity index (χ2v) is 6.36. The molecule has 0 aliphatic rings. The third-order valence-corrected chi connectivity index (χ3v) is 4.38. The van der Waals surface area contributed by atoms with Crippen LogP contribution in [-0.4, -0.2) is 23.6 Å². The van der Waals surface area contributed by atoms with Crippen LogP contribution in [0.4, 0.5) is 0 Å². The third kappa shape index (κ3) is 2.68. The molecule has 0 aliphatic carbocycles. The molecule has 0 bridgehead atoms. The first-order valence-corrected chi connectivity index (χ1v) is 7.97. The molecule has 0 aliphatic heterocycles. The van der Waals surface area contributed by atoms with Crippen LogP contribution in [0.1, 0.15) is 5.56 Å². The molecule has 0 N–H and O–H groups in total. The Labute approximate surface area is 131 Å². The second kappa shape index (κ2) is 5.43. The minimum absolute atomic E-state index is 0.0274. The van der Waals surface area contributed by atoms with Gasteiger partial charge >= 0.3 is 10.1 Å². The van der Waals surface area contributed by atoms with Crippen molar-refractivity contribution >= 4 is 38.8 Å². The topological polar surface area (TPSA) is 74.1 Å². The SMILES string of the molecule is C=Cc1ccc2nnn(OS(=O)(=O)c3ccc(Cl)cc3)c2c1. The van der Waals surface area contributed by atoms with Gasteiger partial charge in [0, 0.05) is 5.02 Å². The summed E-state index contributed by atoms with van der Waals surface area (Å²) in [6.07, 6.45) is 1.63. The van der Waals surface area contributed by atoms with Crippen LogP contribution in [0.25, 0.3) is 17.1 Å². The van der Waals surface area contributed by atoms with Crippen LogP contribution in [0.15, 0.2) is 53.9 Å². The molecule has 2 aromatic carbocycles. The largest absolute Gasteiger partial charge is 0.358 e. The molecule has 3 aromatic rings. The minimum Gasteiger partial charge on any atom is -0.264 e. The molecule has 0 atom stereocenters. The van der Waals surface area contributed by atoms with Crippen molar-refractivity contribution in [1.29, 1.82) is 0 Å². The molecule has 8 heteroatoms. The zero-order chi connectivity index (χ0) is 15.7. The highest BCUT2D eigenvalue weighted by atomic mass is 35.5.